The van der Waals surface area contributed by atoms with E-state index >= 15 is 0 Å². The zero-order valence-electron chi connectivity index (χ0n) is 17.7. The summed E-state index contributed by atoms with van der Waals surface area (Å²) in [6.07, 6.45) is 4.71. The van der Waals surface area contributed by atoms with Gasteiger partial charge in [0.15, 0.2) is 17.0 Å². The van der Waals surface area contributed by atoms with Crippen LogP contribution in [0, 0.1) is 11.3 Å². The molecule has 0 bridgehead atoms. The fourth-order valence-electron chi connectivity index (χ4n) is 4.24. The topological polar surface area (TPSA) is 88.7 Å². The Morgan fingerprint density at radius 2 is 1.75 bits per heavy atom. The second kappa shape index (κ2) is 9.16. The number of fused-ring (bicyclic) bond motifs is 1. The van der Waals surface area contributed by atoms with Crippen molar-refractivity contribution in [3.63, 3.8) is 0 Å². The van der Waals surface area contributed by atoms with Crippen molar-refractivity contribution in [1.82, 2.24) is 19.5 Å². The Hall–Kier alpha value is -3.76. The van der Waals surface area contributed by atoms with Gasteiger partial charge >= 0.3 is 0 Å². The first-order valence-electron chi connectivity index (χ1n) is 10.9. The molecule has 2 aromatic carbocycles. The van der Waals surface area contributed by atoms with Crippen molar-refractivity contribution in [3.8, 4) is 6.07 Å². The number of rotatable bonds is 6. The molecule has 0 spiro atoms. The van der Waals surface area contributed by atoms with Crippen LogP contribution in [-0.2, 0) is 4.74 Å². The van der Waals surface area contributed by atoms with Crippen molar-refractivity contribution < 1.29 is 4.74 Å². The number of nitrogens with one attached hydrogen (secondary N) is 1. The Labute approximate surface area is 186 Å². The summed E-state index contributed by atoms with van der Waals surface area (Å²) in [5.74, 6) is 0.809. The summed E-state index contributed by atoms with van der Waals surface area (Å²) in [7, 11) is 0. The molecule has 4 aromatic rings. The van der Waals surface area contributed by atoms with Gasteiger partial charge < -0.3 is 10.1 Å². The Balaban J connectivity index is 1.49. The molecule has 0 unspecified atom stereocenters. The molecule has 160 valence electrons. The Morgan fingerprint density at radius 3 is 2.38 bits per heavy atom. The molecule has 3 heterocycles. The van der Waals surface area contributed by atoms with Gasteiger partial charge in [-0.05, 0) is 30.4 Å². The molecule has 5 rings (SSSR count). The molecule has 7 nitrogen and oxygen atoms in total. The van der Waals surface area contributed by atoms with Gasteiger partial charge in [-0.2, -0.15) is 15.2 Å². The molecule has 0 amide bonds. The van der Waals surface area contributed by atoms with Crippen LogP contribution in [0.25, 0.3) is 11.2 Å². The van der Waals surface area contributed by atoms with Gasteiger partial charge in [-0.3, -0.25) is 4.57 Å². The van der Waals surface area contributed by atoms with Gasteiger partial charge in [0.2, 0.25) is 5.82 Å². The second-order valence-corrected chi connectivity index (χ2v) is 7.91. The highest BCUT2D eigenvalue weighted by Gasteiger charge is 2.22. The fraction of sp³-hybridized carbons (Fsp3) is 0.280. The van der Waals surface area contributed by atoms with Crippen molar-refractivity contribution in [2.75, 3.05) is 18.5 Å². The molecule has 0 radical (unpaired) electrons. The summed E-state index contributed by atoms with van der Waals surface area (Å²) < 4.78 is 7.84. The predicted molar refractivity (Wildman–Crippen MR) is 122 cm³/mol. The average Bonchev–Trinajstić information content (AvgIpc) is 3.30. The first-order chi connectivity index (χ1) is 15.8. The van der Waals surface area contributed by atoms with Crippen molar-refractivity contribution >= 4 is 17.0 Å². The van der Waals surface area contributed by atoms with Gasteiger partial charge in [0, 0.05) is 19.1 Å². The molecule has 7 heteroatoms. The number of benzene rings is 2. The summed E-state index contributed by atoms with van der Waals surface area (Å²) in [6.45, 7) is 1.33. The molecule has 0 saturated carbocycles. The monoisotopic (exact) mass is 424 g/mol. The van der Waals surface area contributed by atoms with Gasteiger partial charge in [0.05, 0.1) is 6.33 Å². The van der Waals surface area contributed by atoms with Gasteiger partial charge in [-0.25, -0.2) is 4.98 Å². The molecule has 2 aromatic heterocycles. The summed E-state index contributed by atoms with van der Waals surface area (Å²) in [5, 5.41) is 13.0. The summed E-state index contributed by atoms with van der Waals surface area (Å²) >= 11 is 0. The Bertz CT molecular complexity index is 1190. The van der Waals surface area contributed by atoms with Crippen LogP contribution >= 0.6 is 0 Å². The molecule has 1 aliphatic rings. The van der Waals surface area contributed by atoms with Crippen LogP contribution in [0.15, 0.2) is 67.0 Å². The van der Waals surface area contributed by atoms with E-state index in [1.54, 1.807) is 6.33 Å². The molecular formula is C25H24N6O. The lowest BCUT2D eigenvalue weighted by Gasteiger charge is -2.23. The van der Waals surface area contributed by atoms with Crippen LogP contribution in [0.2, 0.25) is 0 Å². The lowest BCUT2D eigenvalue weighted by atomic mass is 9.91. The van der Waals surface area contributed by atoms with E-state index in [0.717, 1.165) is 25.9 Å². The van der Waals surface area contributed by atoms with Crippen LogP contribution in [0.5, 0.6) is 0 Å². The number of nitriles is 1. The first-order valence-corrected chi connectivity index (χ1v) is 10.9. The van der Waals surface area contributed by atoms with Crippen LogP contribution in [-0.4, -0.2) is 32.7 Å². The van der Waals surface area contributed by atoms with E-state index in [4.69, 9.17) is 4.74 Å². The van der Waals surface area contributed by atoms with Crippen molar-refractivity contribution in [2.24, 2.45) is 0 Å². The summed E-state index contributed by atoms with van der Waals surface area (Å²) in [6, 6.07) is 22.8. The molecule has 0 aliphatic carbocycles. The van der Waals surface area contributed by atoms with E-state index in [2.05, 4.69) is 50.6 Å². The first kappa shape index (κ1) is 20.2. The van der Waals surface area contributed by atoms with E-state index in [9.17, 15) is 5.26 Å². The zero-order chi connectivity index (χ0) is 21.8. The number of ether oxygens (including phenoxy) is 1. The normalized spacial score (nSPS) is 16.2. The minimum atomic E-state index is -0.107. The van der Waals surface area contributed by atoms with E-state index in [1.165, 1.54) is 11.1 Å². The number of anilines is 1. The summed E-state index contributed by atoms with van der Waals surface area (Å²) in [5.41, 5.74) is 3.69. The van der Waals surface area contributed by atoms with Gasteiger partial charge in [-0.1, -0.05) is 60.7 Å². The second-order valence-electron chi connectivity index (χ2n) is 7.91. The SMILES string of the molecule is N#Cc1nc(NCC(c2ccccc2)c2ccccc2)c2ncn([C@H]3CCCCO3)c2n1. The third kappa shape index (κ3) is 4.05. The highest BCUT2D eigenvalue weighted by molar-refractivity contribution is 5.83. The minimum Gasteiger partial charge on any atom is -0.367 e. The van der Waals surface area contributed by atoms with Gasteiger partial charge in [-0.15, -0.1) is 0 Å². The van der Waals surface area contributed by atoms with Crippen molar-refractivity contribution in [2.45, 2.75) is 31.4 Å². The molecule has 1 atom stereocenters. The summed E-state index contributed by atoms with van der Waals surface area (Å²) in [4.78, 5) is 13.5. The third-order valence-electron chi connectivity index (χ3n) is 5.86. The zero-order valence-corrected chi connectivity index (χ0v) is 17.7. The highest BCUT2D eigenvalue weighted by atomic mass is 16.5. The average molecular weight is 425 g/mol. The van der Waals surface area contributed by atoms with Crippen LogP contribution in [0.1, 0.15) is 48.4 Å². The lowest BCUT2D eigenvalue weighted by molar-refractivity contribution is -0.0298. The smallest absolute Gasteiger partial charge is 0.236 e. The van der Waals surface area contributed by atoms with E-state index < -0.39 is 0 Å². The van der Waals surface area contributed by atoms with E-state index in [0.29, 0.717) is 23.5 Å². The van der Waals surface area contributed by atoms with Crippen molar-refractivity contribution in [1.29, 1.82) is 5.26 Å². The molecule has 1 saturated heterocycles. The number of aromatic nitrogens is 4. The maximum absolute atomic E-state index is 9.53. The molecule has 32 heavy (non-hydrogen) atoms. The Kier molecular flexibility index (Phi) is 5.77. The molecule has 1 aliphatic heterocycles. The lowest BCUT2D eigenvalue weighted by Crippen LogP contribution is -2.18. The maximum atomic E-state index is 9.53. The van der Waals surface area contributed by atoms with Crippen molar-refractivity contribution in [3.05, 3.63) is 83.9 Å². The van der Waals surface area contributed by atoms with E-state index in [-0.39, 0.29) is 18.0 Å². The van der Waals surface area contributed by atoms with Gasteiger partial charge in [0.25, 0.3) is 0 Å². The molecular weight excluding hydrogens is 400 g/mol. The van der Waals surface area contributed by atoms with Gasteiger partial charge in [0.1, 0.15) is 12.3 Å². The maximum Gasteiger partial charge on any atom is 0.236 e. The number of hydrogen-bond acceptors (Lipinski definition) is 6. The molecule has 1 N–H and O–H groups in total. The highest BCUT2D eigenvalue weighted by Crippen LogP contribution is 2.29. The van der Waals surface area contributed by atoms with Crippen LogP contribution < -0.4 is 5.32 Å². The van der Waals surface area contributed by atoms with Crippen LogP contribution in [0.4, 0.5) is 5.82 Å². The number of imidazole rings is 1. The predicted octanol–water partition coefficient (Wildman–Crippen LogP) is 4.64. The number of hydrogen-bond donors (Lipinski definition) is 1. The molecule has 1 fully saturated rings. The number of nitrogens with zero attached hydrogens (tertiary/aromatic N) is 5. The van der Waals surface area contributed by atoms with Crippen LogP contribution in [0.3, 0.4) is 0 Å². The Morgan fingerprint density at radius 1 is 1.03 bits per heavy atom. The van der Waals surface area contributed by atoms with E-state index in [1.807, 2.05) is 41.0 Å². The minimum absolute atomic E-state index is 0.107. The fourth-order valence-corrected chi connectivity index (χ4v) is 4.24. The standard InChI is InChI=1S/C25H24N6O/c26-15-21-29-24(23-25(30-21)31(17-28-23)22-13-7-8-14-32-22)27-16-20(18-9-3-1-4-10-18)19-11-5-2-6-12-19/h1-6,9-12,17,20,22H,7-8,13-14,16H2,(H,27,29,30)/t22-/m1/s1. The third-order valence-corrected chi connectivity index (χ3v) is 5.86. The largest absolute Gasteiger partial charge is 0.367 e. The quantitative estimate of drug-likeness (QED) is 0.485.